The summed E-state index contributed by atoms with van der Waals surface area (Å²) in [5.74, 6) is -0.308. The van der Waals surface area contributed by atoms with Crippen LogP contribution in [0.2, 0.25) is 5.02 Å². The molecule has 20 heavy (non-hydrogen) atoms. The molecule has 0 aliphatic heterocycles. The van der Waals surface area contributed by atoms with Crippen molar-refractivity contribution in [1.29, 1.82) is 0 Å². The van der Waals surface area contributed by atoms with Crippen molar-refractivity contribution in [3.63, 3.8) is 0 Å². The van der Waals surface area contributed by atoms with Crippen LogP contribution in [0.25, 0.3) is 10.9 Å². The SMILES string of the molecule is Fc1cccc2c(NCc3ccc(Cl)cc3)ccnc12. The van der Waals surface area contributed by atoms with Gasteiger partial charge < -0.3 is 5.32 Å². The van der Waals surface area contributed by atoms with Crippen LogP contribution in [0.15, 0.2) is 54.7 Å². The fourth-order valence-electron chi connectivity index (χ4n) is 2.09. The van der Waals surface area contributed by atoms with Crippen molar-refractivity contribution in [2.45, 2.75) is 6.54 Å². The van der Waals surface area contributed by atoms with Crippen molar-refractivity contribution < 1.29 is 4.39 Å². The van der Waals surface area contributed by atoms with Crippen LogP contribution in [0.4, 0.5) is 10.1 Å². The minimum Gasteiger partial charge on any atom is -0.380 e. The van der Waals surface area contributed by atoms with Crippen LogP contribution in [0, 0.1) is 5.82 Å². The number of fused-ring (bicyclic) bond motifs is 1. The van der Waals surface area contributed by atoms with E-state index < -0.39 is 0 Å². The molecule has 1 aromatic heterocycles. The fraction of sp³-hybridized carbons (Fsp3) is 0.0625. The summed E-state index contributed by atoms with van der Waals surface area (Å²) in [6.07, 6.45) is 1.61. The summed E-state index contributed by atoms with van der Waals surface area (Å²) in [5, 5.41) is 4.79. The number of benzene rings is 2. The Hall–Kier alpha value is -2.13. The van der Waals surface area contributed by atoms with Crippen LogP contribution >= 0.6 is 11.6 Å². The van der Waals surface area contributed by atoms with E-state index in [0.717, 1.165) is 16.6 Å². The van der Waals surface area contributed by atoms with Gasteiger partial charge in [0.25, 0.3) is 0 Å². The van der Waals surface area contributed by atoms with Gasteiger partial charge in [0, 0.05) is 28.8 Å². The Morgan fingerprint density at radius 3 is 2.65 bits per heavy atom. The molecule has 1 N–H and O–H groups in total. The Morgan fingerprint density at radius 1 is 1.05 bits per heavy atom. The quantitative estimate of drug-likeness (QED) is 0.759. The molecular formula is C16H12ClFN2. The molecule has 0 spiro atoms. The van der Waals surface area contributed by atoms with Gasteiger partial charge in [0.05, 0.1) is 0 Å². The number of nitrogens with one attached hydrogen (secondary N) is 1. The third-order valence-electron chi connectivity index (χ3n) is 3.12. The molecule has 0 aliphatic carbocycles. The summed E-state index contributed by atoms with van der Waals surface area (Å²) in [4.78, 5) is 4.08. The lowest BCUT2D eigenvalue weighted by molar-refractivity contribution is 0.637. The van der Waals surface area contributed by atoms with E-state index in [2.05, 4.69) is 10.3 Å². The van der Waals surface area contributed by atoms with Crippen LogP contribution in [0.5, 0.6) is 0 Å². The Labute approximate surface area is 121 Å². The second-order valence-corrected chi connectivity index (χ2v) is 4.91. The molecule has 0 aliphatic rings. The van der Waals surface area contributed by atoms with Crippen molar-refractivity contribution in [3.8, 4) is 0 Å². The van der Waals surface area contributed by atoms with Crippen LogP contribution in [0.3, 0.4) is 0 Å². The highest BCUT2D eigenvalue weighted by Gasteiger charge is 2.05. The molecule has 0 bridgehead atoms. The van der Waals surface area contributed by atoms with Gasteiger partial charge >= 0.3 is 0 Å². The number of pyridine rings is 1. The summed E-state index contributed by atoms with van der Waals surface area (Å²) < 4.78 is 13.7. The van der Waals surface area contributed by atoms with Gasteiger partial charge in [0.2, 0.25) is 0 Å². The van der Waals surface area contributed by atoms with E-state index in [1.54, 1.807) is 12.3 Å². The van der Waals surface area contributed by atoms with E-state index in [-0.39, 0.29) is 5.82 Å². The van der Waals surface area contributed by atoms with Crippen LogP contribution in [-0.2, 0) is 6.54 Å². The highest BCUT2D eigenvalue weighted by molar-refractivity contribution is 6.30. The zero-order valence-electron chi connectivity index (χ0n) is 10.6. The monoisotopic (exact) mass is 286 g/mol. The maximum Gasteiger partial charge on any atom is 0.149 e. The molecular weight excluding hydrogens is 275 g/mol. The van der Waals surface area contributed by atoms with E-state index in [0.29, 0.717) is 17.1 Å². The topological polar surface area (TPSA) is 24.9 Å². The smallest absolute Gasteiger partial charge is 0.149 e. The van der Waals surface area contributed by atoms with E-state index in [4.69, 9.17) is 11.6 Å². The third kappa shape index (κ3) is 2.58. The van der Waals surface area contributed by atoms with Crippen molar-refractivity contribution in [3.05, 3.63) is 71.1 Å². The van der Waals surface area contributed by atoms with E-state index >= 15 is 0 Å². The van der Waals surface area contributed by atoms with Gasteiger partial charge in [-0.1, -0.05) is 35.9 Å². The number of rotatable bonds is 3. The molecule has 0 fully saturated rings. The summed E-state index contributed by atoms with van der Waals surface area (Å²) in [6.45, 7) is 0.646. The van der Waals surface area contributed by atoms with Crippen LogP contribution in [-0.4, -0.2) is 4.98 Å². The molecule has 2 aromatic carbocycles. The Balaban J connectivity index is 1.88. The zero-order chi connectivity index (χ0) is 13.9. The van der Waals surface area contributed by atoms with Crippen LogP contribution < -0.4 is 5.32 Å². The molecule has 3 rings (SSSR count). The number of para-hydroxylation sites is 1. The third-order valence-corrected chi connectivity index (χ3v) is 3.37. The van der Waals surface area contributed by atoms with Gasteiger partial charge in [-0.05, 0) is 29.8 Å². The van der Waals surface area contributed by atoms with Crippen molar-refractivity contribution >= 4 is 28.2 Å². The largest absolute Gasteiger partial charge is 0.380 e. The normalized spacial score (nSPS) is 10.7. The molecule has 3 aromatic rings. The highest BCUT2D eigenvalue weighted by atomic mass is 35.5. The molecule has 100 valence electrons. The summed E-state index contributed by atoms with van der Waals surface area (Å²) in [7, 11) is 0. The lowest BCUT2D eigenvalue weighted by Gasteiger charge is -2.09. The molecule has 4 heteroatoms. The standard InChI is InChI=1S/C16H12ClFN2/c17-12-6-4-11(5-7-12)10-20-15-8-9-19-16-13(15)2-1-3-14(16)18/h1-9H,10H2,(H,19,20). The number of halogens is 2. The number of aromatic nitrogens is 1. The summed E-state index contributed by atoms with van der Waals surface area (Å²) in [5.41, 5.74) is 2.36. The molecule has 0 radical (unpaired) electrons. The Kier molecular flexibility index (Phi) is 3.52. The van der Waals surface area contributed by atoms with Gasteiger partial charge in [-0.15, -0.1) is 0 Å². The van der Waals surface area contributed by atoms with Gasteiger partial charge in [0.1, 0.15) is 11.3 Å². The van der Waals surface area contributed by atoms with Gasteiger partial charge in [-0.3, -0.25) is 4.98 Å². The molecule has 1 heterocycles. The first kappa shape index (κ1) is 12.9. The predicted molar refractivity (Wildman–Crippen MR) is 80.5 cm³/mol. The summed E-state index contributed by atoms with van der Waals surface area (Å²) >= 11 is 5.85. The molecule has 0 unspecified atom stereocenters. The lowest BCUT2D eigenvalue weighted by atomic mass is 10.1. The number of nitrogens with zero attached hydrogens (tertiary/aromatic N) is 1. The van der Waals surface area contributed by atoms with Gasteiger partial charge in [-0.25, -0.2) is 4.39 Å². The number of hydrogen-bond acceptors (Lipinski definition) is 2. The molecule has 0 amide bonds. The summed E-state index contributed by atoms with van der Waals surface area (Å²) in [6, 6.07) is 14.4. The first-order valence-electron chi connectivity index (χ1n) is 6.25. The first-order valence-corrected chi connectivity index (χ1v) is 6.63. The maximum absolute atomic E-state index is 13.7. The van der Waals surface area contributed by atoms with E-state index in [1.807, 2.05) is 36.4 Å². The fourth-order valence-corrected chi connectivity index (χ4v) is 2.22. The highest BCUT2D eigenvalue weighted by Crippen LogP contribution is 2.24. The second-order valence-electron chi connectivity index (χ2n) is 4.47. The first-order chi connectivity index (χ1) is 9.74. The van der Waals surface area contributed by atoms with Crippen molar-refractivity contribution in [2.24, 2.45) is 0 Å². The lowest BCUT2D eigenvalue weighted by Crippen LogP contribution is -2.00. The molecule has 2 nitrogen and oxygen atoms in total. The second kappa shape index (κ2) is 5.47. The molecule has 0 saturated carbocycles. The van der Waals surface area contributed by atoms with Crippen LogP contribution in [0.1, 0.15) is 5.56 Å². The average molecular weight is 287 g/mol. The zero-order valence-corrected chi connectivity index (χ0v) is 11.4. The number of anilines is 1. The van der Waals surface area contributed by atoms with Crippen molar-refractivity contribution in [2.75, 3.05) is 5.32 Å². The van der Waals surface area contributed by atoms with E-state index in [9.17, 15) is 4.39 Å². The average Bonchev–Trinajstić information content (AvgIpc) is 2.47. The minimum atomic E-state index is -0.308. The Morgan fingerprint density at radius 2 is 1.85 bits per heavy atom. The van der Waals surface area contributed by atoms with Gasteiger partial charge in [0.15, 0.2) is 0 Å². The number of hydrogen-bond donors (Lipinski definition) is 1. The minimum absolute atomic E-state index is 0.308. The maximum atomic E-state index is 13.7. The molecule has 0 atom stereocenters. The molecule has 0 saturated heterocycles. The Bertz CT molecular complexity index is 741. The van der Waals surface area contributed by atoms with E-state index in [1.165, 1.54) is 6.07 Å². The predicted octanol–water partition coefficient (Wildman–Crippen LogP) is 4.64. The van der Waals surface area contributed by atoms with Crippen molar-refractivity contribution in [1.82, 2.24) is 4.98 Å². The van der Waals surface area contributed by atoms with Gasteiger partial charge in [-0.2, -0.15) is 0 Å².